The molecule has 0 saturated carbocycles. The van der Waals surface area contributed by atoms with Crippen molar-refractivity contribution in [3.05, 3.63) is 33.9 Å². The number of nitrogens with two attached hydrogens (primary N) is 1. The molecule has 0 spiro atoms. The largest absolute Gasteiger partial charge is 0.383 e. The first-order chi connectivity index (χ1) is 8.04. The molecule has 0 aliphatic heterocycles. The van der Waals surface area contributed by atoms with Crippen LogP contribution >= 0.6 is 23.2 Å². The van der Waals surface area contributed by atoms with Crippen LogP contribution in [0.3, 0.4) is 0 Å². The topological polar surface area (TPSA) is 43.8 Å². The van der Waals surface area contributed by atoms with Crippen molar-refractivity contribution in [3.63, 3.8) is 0 Å². The van der Waals surface area contributed by atoms with Crippen LogP contribution in [0.4, 0.5) is 5.82 Å². The molecule has 0 aliphatic carbocycles. The van der Waals surface area contributed by atoms with Crippen molar-refractivity contribution in [2.45, 2.75) is 13.3 Å². The van der Waals surface area contributed by atoms with Gasteiger partial charge in [-0.25, -0.2) is 0 Å². The van der Waals surface area contributed by atoms with Crippen LogP contribution in [-0.2, 0) is 13.5 Å². The summed E-state index contributed by atoms with van der Waals surface area (Å²) < 4.78 is 1.67. The second-order valence-corrected chi connectivity index (χ2v) is 4.65. The highest BCUT2D eigenvalue weighted by molar-refractivity contribution is 6.36. The van der Waals surface area contributed by atoms with Crippen LogP contribution in [0.25, 0.3) is 11.1 Å². The molecule has 1 aromatic carbocycles. The molecule has 0 amide bonds. The zero-order valence-corrected chi connectivity index (χ0v) is 11.2. The lowest BCUT2D eigenvalue weighted by Gasteiger charge is -2.06. The first-order valence-corrected chi connectivity index (χ1v) is 6.07. The third-order valence-electron chi connectivity index (χ3n) is 2.70. The van der Waals surface area contributed by atoms with Gasteiger partial charge < -0.3 is 5.73 Å². The van der Waals surface area contributed by atoms with E-state index < -0.39 is 0 Å². The summed E-state index contributed by atoms with van der Waals surface area (Å²) in [7, 11) is 1.82. The molecule has 0 unspecified atom stereocenters. The Morgan fingerprint density at radius 3 is 2.65 bits per heavy atom. The number of hydrogen-bond acceptors (Lipinski definition) is 2. The predicted octanol–water partition coefficient (Wildman–Crippen LogP) is 3.54. The number of benzene rings is 1. The number of aromatic nitrogens is 2. The van der Waals surface area contributed by atoms with Crippen molar-refractivity contribution in [1.82, 2.24) is 9.78 Å². The van der Waals surface area contributed by atoms with Crippen LogP contribution in [0.5, 0.6) is 0 Å². The fraction of sp³-hybridized carbons (Fsp3) is 0.250. The fourth-order valence-corrected chi connectivity index (χ4v) is 2.33. The summed E-state index contributed by atoms with van der Waals surface area (Å²) in [5, 5.41) is 5.57. The van der Waals surface area contributed by atoms with E-state index in [-0.39, 0.29) is 0 Å². The number of nitrogen functional groups attached to an aromatic ring is 1. The summed E-state index contributed by atoms with van der Waals surface area (Å²) in [6, 6.07) is 5.39. The van der Waals surface area contributed by atoms with Crippen LogP contribution in [0, 0.1) is 0 Å². The summed E-state index contributed by atoms with van der Waals surface area (Å²) in [4.78, 5) is 0. The van der Waals surface area contributed by atoms with Gasteiger partial charge in [0.1, 0.15) is 5.82 Å². The fourth-order valence-electron chi connectivity index (χ4n) is 1.83. The molecule has 0 fully saturated rings. The Hall–Kier alpha value is -1.19. The Bertz CT molecular complexity index is 561. The van der Waals surface area contributed by atoms with E-state index in [1.54, 1.807) is 16.8 Å². The normalized spacial score (nSPS) is 10.8. The van der Waals surface area contributed by atoms with Crippen LogP contribution in [-0.4, -0.2) is 9.78 Å². The summed E-state index contributed by atoms with van der Waals surface area (Å²) in [6.07, 6.45) is 0.805. The number of rotatable bonds is 2. The van der Waals surface area contributed by atoms with Gasteiger partial charge in [0.2, 0.25) is 0 Å². The molecule has 5 heteroatoms. The monoisotopic (exact) mass is 269 g/mol. The number of halogens is 2. The Kier molecular flexibility index (Phi) is 3.31. The lowest BCUT2D eigenvalue weighted by Crippen LogP contribution is -1.98. The Morgan fingerprint density at radius 2 is 2.06 bits per heavy atom. The number of anilines is 1. The van der Waals surface area contributed by atoms with E-state index in [1.165, 1.54) is 0 Å². The van der Waals surface area contributed by atoms with E-state index in [2.05, 4.69) is 5.10 Å². The second-order valence-electron chi connectivity index (χ2n) is 3.81. The van der Waals surface area contributed by atoms with Gasteiger partial charge in [-0.3, -0.25) is 4.68 Å². The molecule has 0 aliphatic rings. The van der Waals surface area contributed by atoms with Gasteiger partial charge in [-0.1, -0.05) is 36.2 Å². The van der Waals surface area contributed by atoms with Crippen LogP contribution in [0.15, 0.2) is 18.2 Å². The SMILES string of the molecule is CCc1nn(C)c(N)c1-c1ccc(Cl)cc1Cl. The molecule has 90 valence electrons. The van der Waals surface area contributed by atoms with E-state index in [4.69, 9.17) is 28.9 Å². The van der Waals surface area contributed by atoms with Crippen LogP contribution in [0.1, 0.15) is 12.6 Å². The smallest absolute Gasteiger partial charge is 0.129 e. The molecule has 1 aromatic heterocycles. The molecule has 2 N–H and O–H groups in total. The molecule has 0 saturated heterocycles. The number of hydrogen-bond donors (Lipinski definition) is 1. The van der Waals surface area contributed by atoms with Gasteiger partial charge in [-0.15, -0.1) is 0 Å². The maximum atomic E-state index is 6.20. The van der Waals surface area contributed by atoms with Crippen LogP contribution < -0.4 is 5.73 Å². The number of aryl methyl sites for hydroxylation is 2. The minimum atomic E-state index is 0.590. The molecule has 2 aromatic rings. The van der Waals surface area contributed by atoms with Gasteiger partial charge in [0.25, 0.3) is 0 Å². The van der Waals surface area contributed by atoms with Gasteiger partial charge in [-0.2, -0.15) is 5.10 Å². The highest BCUT2D eigenvalue weighted by Crippen LogP contribution is 2.36. The highest BCUT2D eigenvalue weighted by Gasteiger charge is 2.16. The molecular formula is C12H13Cl2N3. The van der Waals surface area contributed by atoms with Crippen molar-refractivity contribution in [3.8, 4) is 11.1 Å². The van der Waals surface area contributed by atoms with Gasteiger partial charge in [0.15, 0.2) is 0 Å². The second kappa shape index (κ2) is 4.59. The van der Waals surface area contributed by atoms with Crippen molar-refractivity contribution in [2.75, 3.05) is 5.73 Å². The summed E-state index contributed by atoms with van der Waals surface area (Å²) in [5.41, 5.74) is 8.74. The maximum Gasteiger partial charge on any atom is 0.129 e. The molecular weight excluding hydrogens is 257 g/mol. The zero-order valence-electron chi connectivity index (χ0n) is 9.67. The predicted molar refractivity (Wildman–Crippen MR) is 72.5 cm³/mol. The van der Waals surface area contributed by atoms with Gasteiger partial charge in [-0.05, 0) is 18.6 Å². The Morgan fingerprint density at radius 1 is 1.35 bits per heavy atom. The minimum absolute atomic E-state index is 0.590. The van der Waals surface area contributed by atoms with E-state index in [9.17, 15) is 0 Å². The molecule has 17 heavy (non-hydrogen) atoms. The summed E-state index contributed by atoms with van der Waals surface area (Å²) in [6.45, 7) is 2.04. The minimum Gasteiger partial charge on any atom is -0.383 e. The van der Waals surface area contributed by atoms with E-state index >= 15 is 0 Å². The molecule has 2 rings (SSSR count). The van der Waals surface area contributed by atoms with E-state index in [1.807, 2.05) is 20.0 Å². The Labute approximate surface area is 110 Å². The summed E-state index contributed by atoms with van der Waals surface area (Å²) >= 11 is 12.1. The molecule has 0 atom stereocenters. The molecule has 0 radical (unpaired) electrons. The number of nitrogens with zero attached hydrogens (tertiary/aromatic N) is 2. The summed E-state index contributed by atoms with van der Waals surface area (Å²) in [5.74, 6) is 0.617. The Balaban J connectivity index is 2.67. The van der Waals surface area contributed by atoms with E-state index in [0.717, 1.165) is 23.2 Å². The molecule has 0 bridgehead atoms. The van der Waals surface area contributed by atoms with Gasteiger partial charge >= 0.3 is 0 Å². The average Bonchev–Trinajstić information content (AvgIpc) is 2.56. The maximum absolute atomic E-state index is 6.20. The molecule has 3 nitrogen and oxygen atoms in total. The van der Waals surface area contributed by atoms with Crippen molar-refractivity contribution in [1.29, 1.82) is 0 Å². The average molecular weight is 270 g/mol. The lowest BCUT2D eigenvalue weighted by molar-refractivity contribution is 0.755. The first-order valence-electron chi connectivity index (χ1n) is 5.31. The van der Waals surface area contributed by atoms with Crippen molar-refractivity contribution < 1.29 is 0 Å². The van der Waals surface area contributed by atoms with E-state index in [0.29, 0.717) is 15.9 Å². The molecule has 1 heterocycles. The van der Waals surface area contributed by atoms with Gasteiger partial charge in [0.05, 0.1) is 10.7 Å². The first kappa shape index (κ1) is 12.3. The lowest BCUT2D eigenvalue weighted by atomic mass is 10.0. The third-order valence-corrected chi connectivity index (χ3v) is 3.25. The standard InChI is InChI=1S/C12H13Cl2N3/c1-3-10-11(12(15)17(2)16-10)8-5-4-7(13)6-9(8)14/h4-6H,3,15H2,1-2H3. The zero-order chi connectivity index (χ0) is 12.6. The third kappa shape index (κ3) is 2.13. The van der Waals surface area contributed by atoms with Crippen molar-refractivity contribution >= 4 is 29.0 Å². The van der Waals surface area contributed by atoms with Crippen molar-refractivity contribution in [2.24, 2.45) is 7.05 Å². The van der Waals surface area contributed by atoms with Gasteiger partial charge in [0, 0.05) is 23.2 Å². The highest BCUT2D eigenvalue weighted by atomic mass is 35.5. The van der Waals surface area contributed by atoms with Crippen LogP contribution in [0.2, 0.25) is 10.0 Å². The quantitative estimate of drug-likeness (QED) is 0.907.